The zero-order valence-electron chi connectivity index (χ0n) is 6.13. The lowest BCUT2D eigenvalue weighted by atomic mass is 9.93. The van der Waals surface area contributed by atoms with Crippen molar-refractivity contribution in [1.82, 2.24) is 0 Å². The van der Waals surface area contributed by atoms with Crippen molar-refractivity contribution < 1.29 is 9.90 Å². The van der Waals surface area contributed by atoms with Gasteiger partial charge >= 0.3 is 0 Å². The van der Waals surface area contributed by atoms with Crippen LogP contribution in [0.4, 0.5) is 0 Å². The van der Waals surface area contributed by atoms with Gasteiger partial charge in [-0.1, -0.05) is 34.7 Å². The van der Waals surface area contributed by atoms with Crippen molar-refractivity contribution in [2.75, 3.05) is 0 Å². The molecule has 0 aromatic carbocycles. The van der Waals surface area contributed by atoms with Gasteiger partial charge in [0.25, 0.3) is 0 Å². The number of carbonyl (C=O) groups is 1. The monoisotopic (exact) mass is 265 g/mol. The third-order valence-electron chi connectivity index (χ3n) is 1.89. The summed E-state index contributed by atoms with van der Waals surface area (Å²) in [6.07, 6.45) is 7.23. The molecule has 0 radical (unpaired) electrons. The molecule has 2 atom stereocenters. The molecule has 0 aliphatic heterocycles. The molecule has 0 amide bonds. The van der Waals surface area contributed by atoms with Crippen LogP contribution >= 0.6 is 22.6 Å². The van der Waals surface area contributed by atoms with Gasteiger partial charge in [0, 0.05) is 0 Å². The summed E-state index contributed by atoms with van der Waals surface area (Å²) in [5, 5.41) is 10.4. The summed E-state index contributed by atoms with van der Waals surface area (Å²) < 4.78 is -0.357. The van der Waals surface area contributed by atoms with Crippen LogP contribution in [0.1, 0.15) is 19.3 Å². The second-order valence-electron chi connectivity index (χ2n) is 2.74. The number of carboxylic acid groups (broad SMARTS) is 1. The van der Waals surface area contributed by atoms with Crippen LogP contribution in [-0.2, 0) is 4.79 Å². The molecule has 2 unspecified atom stereocenters. The quantitative estimate of drug-likeness (QED) is 0.422. The summed E-state index contributed by atoms with van der Waals surface area (Å²) in [7, 11) is 0. The molecule has 1 aliphatic rings. The van der Waals surface area contributed by atoms with Crippen molar-refractivity contribution in [3.05, 3.63) is 12.2 Å². The van der Waals surface area contributed by atoms with Gasteiger partial charge in [0.2, 0.25) is 0 Å². The normalized spacial score (nSPS) is 26.5. The first-order chi connectivity index (χ1) is 5.22. The van der Waals surface area contributed by atoms with E-state index in [-0.39, 0.29) is 9.84 Å². The van der Waals surface area contributed by atoms with E-state index in [1.807, 2.05) is 28.7 Å². The van der Waals surface area contributed by atoms with Gasteiger partial charge in [-0.25, -0.2) is 0 Å². The fraction of sp³-hybridized carbons (Fsp3) is 0.625. The van der Waals surface area contributed by atoms with Crippen LogP contribution in [0, 0.1) is 5.92 Å². The minimum atomic E-state index is -0.942. The highest BCUT2D eigenvalue weighted by molar-refractivity contribution is 14.1. The van der Waals surface area contributed by atoms with E-state index in [4.69, 9.17) is 0 Å². The van der Waals surface area contributed by atoms with E-state index in [0.29, 0.717) is 0 Å². The summed E-state index contributed by atoms with van der Waals surface area (Å²) in [4.78, 5) is 10.4. The van der Waals surface area contributed by atoms with Gasteiger partial charge in [-0.2, -0.15) is 0 Å². The maximum absolute atomic E-state index is 10.4. The van der Waals surface area contributed by atoms with Crippen molar-refractivity contribution in [2.45, 2.75) is 23.2 Å². The number of rotatable bonds is 2. The molecule has 0 saturated heterocycles. The third kappa shape index (κ3) is 2.47. The first-order valence-electron chi connectivity index (χ1n) is 3.73. The van der Waals surface area contributed by atoms with Gasteiger partial charge in [0.1, 0.15) is 0 Å². The standard InChI is InChI=1S/C8H11IO2/c9-7(8(10)11)6-4-2-1-3-5-6/h2,4,6-7H,1,3,5H2,(H,10,11)/p-1. The van der Waals surface area contributed by atoms with Crippen molar-refractivity contribution >= 4 is 28.6 Å². The van der Waals surface area contributed by atoms with Gasteiger partial charge in [0.05, 0.1) is 9.89 Å². The second-order valence-corrected chi connectivity index (χ2v) is 4.09. The van der Waals surface area contributed by atoms with Gasteiger partial charge in [-0.15, -0.1) is 0 Å². The van der Waals surface area contributed by atoms with Gasteiger partial charge in [0.15, 0.2) is 0 Å². The van der Waals surface area contributed by atoms with E-state index in [9.17, 15) is 9.90 Å². The molecule has 0 aromatic heterocycles. The fourth-order valence-corrected chi connectivity index (χ4v) is 1.86. The van der Waals surface area contributed by atoms with Crippen LogP contribution in [0.2, 0.25) is 0 Å². The molecule has 1 rings (SSSR count). The molecular formula is C8H10IO2-. The largest absolute Gasteiger partial charge is 0.549 e. The molecule has 1 aliphatic carbocycles. The lowest BCUT2D eigenvalue weighted by molar-refractivity contribution is -0.304. The Morgan fingerprint density at radius 1 is 1.73 bits per heavy atom. The van der Waals surface area contributed by atoms with E-state index in [0.717, 1.165) is 19.3 Å². The Morgan fingerprint density at radius 3 is 2.91 bits per heavy atom. The first kappa shape index (κ1) is 9.03. The van der Waals surface area contributed by atoms with Crippen LogP contribution in [0.5, 0.6) is 0 Å². The molecule has 62 valence electrons. The Morgan fingerprint density at radius 2 is 2.45 bits per heavy atom. The Balaban J connectivity index is 2.52. The van der Waals surface area contributed by atoms with Crippen LogP contribution in [0.25, 0.3) is 0 Å². The number of hydrogen-bond donors (Lipinski definition) is 0. The number of halogens is 1. The van der Waals surface area contributed by atoms with Gasteiger partial charge < -0.3 is 9.90 Å². The predicted molar refractivity (Wildman–Crippen MR) is 49.3 cm³/mol. The van der Waals surface area contributed by atoms with E-state index in [2.05, 4.69) is 6.08 Å². The van der Waals surface area contributed by atoms with Crippen LogP contribution in [0.15, 0.2) is 12.2 Å². The minimum Gasteiger partial charge on any atom is -0.549 e. The lowest BCUT2D eigenvalue weighted by Crippen LogP contribution is -2.36. The highest BCUT2D eigenvalue weighted by Gasteiger charge is 2.18. The zero-order chi connectivity index (χ0) is 8.27. The minimum absolute atomic E-state index is 0.189. The molecule has 11 heavy (non-hydrogen) atoms. The number of carboxylic acids is 1. The highest BCUT2D eigenvalue weighted by atomic mass is 127. The third-order valence-corrected chi connectivity index (χ3v) is 3.32. The van der Waals surface area contributed by atoms with Gasteiger partial charge in [-0.05, 0) is 25.2 Å². The highest BCUT2D eigenvalue weighted by Crippen LogP contribution is 2.24. The number of alkyl halides is 1. The SMILES string of the molecule is O=C([O-])C(I)C1C=CCCC1. The van der Waals surface area contributed by atoms with Crippen molar-refractivity contribution in [1.29, 1.82) is 0 Å². The van der Waals surface area contributed by atoms with Crippen LogP contribution < -0.4 is 5.11 Å². The smallest absolute Gasteiger partial charge is 0.0568 e. The van der Waals surface area contributed by atoms with E-state index >= 15 is 0 Å². The molecule has 0 fully saturated rings. The molecule has 2 nitrogen and oxygen atoms in total. The number of carbonyl (C=O) groups excluding carboxylic acids is 1. The molecule has 3 heteroatoms. The molecule has 0 N–H and O–H groups in total. The molecule has 0 heterocycles. The predicted octanol–water partition coefficient (Wildman–Crippen LogP) is 0.896. The topological polar surface area (TPSA) is 40.1 Å². The Hall–Kier alpha value is -0.0600. The maximum Gasteiger partial charge on any atom is 0.0568 e. The average Bonchev–Trinajstić information content (AvgIpc) is 2.05. The van der Waals surface area contributed by atoms with Crippen molar-refractivity contribution in [3.63, 3.8) is 0 Å². The summed E-state index contributed by atoms with van der Waals surface area (Å²) >= 11 is 1.94. The summed E-state index contributed by atoms with van der Waals surface area (Å²) in [5.74, 6) is -0.753. The number of aliphatic carboxylic acids is 1. The summed E-state index contributed by atoms with van der Waals surface area (Å²) in [5.41, 5.74) is 0. The van der Waals surface area contributed by atoms with Crippen LogP contribution in [-0.4, -0.2) is 9.89 Å². The average molecular weight is 265 g/mol. The van der Waals surface area contributed by atoms with Crippen molar-refractivity contribution in [3.8, 4) is 0 Å². The molecule has 0 saturated carbocycles. The molecule has 0 bridgehead atoms. The zero-order valence-corrected chi connectivity index (χ0v) is 8.28. The Labute approximate surface area is 79.8 Å². The first-order valence-corrected chi connectivity index (χ1v) is 4.98. The second kappa shape index (κ2) is 4.09. The number of allylic oxidation sites excluding steroid dienone is 2. The molecule has 0 spiro atoms. The molecule has 0 aromatic rings. The fourth-order valence-electron chi connectivity index (χ4n) is 1.26. The van der Waals surface area contributed by atoms with E-state index in [1.54, 1.807) is 0 Å². The Kier molecular flexibility index (Phi) is 3.36. The summed E-state index contributed by atoms with van der Waals surface area (Å²) in [6.45, 7) is 0. The molecular weight excluding hydrogens is 255 g/mol. The van der Waals surface area contributed by atoms with Crippen LogP contribution in [0.3, 0.4) is 0 Å². The summed E-state index contributed by atoms with van der Waals surface area (Å²) in [6, 6.07) is 0. The maximum atomic E-state index is 10.4. The van der Waals surface area contributed by atoms with E-state index < -0.39 is 5.97 Å². The Bertz CT molecular complexity index is 177. The lowest BCUT2D eigenvalue weighted by Gasteiger charge is -2.22. The van der Waals surface area contributed by atoms with E-state index in [1.165, 1.54) is 0 Å². The number of hydrogen-bond acceptors (Lipinski definition) is 2. The van der Waals surface area contributed by atoms with Crippen molar-refractivity contribution in [2.24, 2.45) is 5.92 Å². The van der Waals surface area contributed by atoms with Gasteiger partial charge in [-0.3, -0.25) is 0 Å².